The number of benzene rings is 1. The smallest absolute Gasteiger partial charge is 0.278 e. The largest absolute Gasteiger partial charge is 0.305 e. The van der Waals surface area contributed by atoms with Crippen LogP contribution in [0.2, 0.25) is 5.02 Å². The molecular formula is C11H17BrCl2N2O3. The summed E-state index contributed by atoms with van der Waals surface area (Å²) in [6.45, 7) is 0. The third kappa shape index (κ3) is 7.71. The molecule has 8 heteroatoms. The molecule has 0 atom stereocenters. The summed E-state index contributed by atoms with van der Waals surface area (Å²) in [6, 6.07) is 5.08. The number of hydroxylamine groups is 3. The Labute approximate surface area is 132 Å². The summed E-state index contributed by atoms with van der Waals surface area (Å²) in [7, 11) is 6.23. The summed E-state index contributed by atoms with van der Waals surface area (Å²) >= 11 is 9.13. The summed E-state index contributed by atoms with van der Waals surface area (Å²) in [5.74, 6) is -0.279. The quantitative estimate of drug-likeness (QED) is 0.825. The second-order valence-corrected chi connectivity index (χ2v) is 4.34. The van der Waals surface area contributed by atoms with Crippen molar-refractivity contribution in [3.8, 4) is 0 Å². The molecule has 0 aliphatic rings. The van der Waals surface area contributed by atoms with E-state index < -0.39 is 0 Å². The predicted molar refractivity (Wildman–Crippen MR) is 81.6 cm³/mol. The van der Waals surface area contributed by atoms with Crippen molar-refractivity contribution in [1.82, 2.24) is 10.5 Å². The van der Waals surface area contributed by atoms with Crippen LogP contribution in [0, 0.1) is 0 Å². The van der Waals surface area contributed by atoms with Gasteiger partial charge in [-0.15, -0.1) is 12.4 Å². The molecule has 1 amide bonds. The van der Waals surface area contributed by atoms with Crippen molar-refractivity contribution in [2.24, 2.45) is 0 Å². The number of halogens is 3. The van der Waals surface area contributed by atoms with Gasteiger partial charge in [0.2, 0.25) is 0 Å². The number of rotatable bonds is 3. The number of hydrogen-bond acceptors (Lipinski definition) is 4. The molecule has 0 fully saturated rings. The molecule has 0 saturated heterocycles. The van der Waals surface area contributed by atoms with E-state index in [1.807, 2.05) is 0 Å². The SMILES string of the molecule is CNOC.CON(C)C(=O)c1cc(Br)ccc1Cl.Cl. The van der Waals surface area contributed by atoms with Gasteiger partial charge in [0.15, 0.2) is 0 Å². The van der Waals surface area contributed by atoms with Crippen LogP contribution in [0.4, 0.5) is 0 Å². The highest BCUT2D eigenvalue weighted by Gasteiger charge is 2.14. The standard InChI is InChI=1S/C9H9BrClNO2.C2H7NO.ClH/c1-12(14-2)9(13)7-5-6(10)3-4-8(7)11;1-3-4-2;/h3-5H,1-2H3;3H,1-2H3;1H. The van der Waals surface area contributed by atoms with Gasteiger partial charge in [-0.1, -0.05) is 27.5 Å². The lowest BCUT2D eigenvalue weighted by atomic mass is 10.2. The van der Waals surface area contributed by atoms with E-state index >= 15 is 0 Å². The first kappa shape index (κ1) is 20.9. The highest BCUT2D eigenvalue weighted by molar-refractivity contribution is 9.10. The minimum Gasteiger partial charge on any atom is -0.305 e. The Balaban J connectivity index is 0. The Hall–Kier alpha value is -0.370. The van der Waals surface area contributed by atoms with Gasteiger partial charge in [-0.2, -0.15) is 0 Å². The maximum absolute atomic E-state index is 11.6. The van der Waals surface area contributed by atoms with Crippen LogP contribution in [0.3, 0.4) is 0 Å². The molecule has 0 aliphatic heterocycles. The number of carbonyl (C=O) groups is 1. The number of hydrogen-bond donors (Lipinski definition) is 1. The Kier molecular flexibility index (Phi) is 12.6. The molecule has 1 N–H and O–H groups in total. The van der Waals surface area contributed by atoms with E-state index in [2.05, 4.69) is 26.2 Å². The van der Waals surface area contributed by atoms with Crippen molar-refractivity contribution in [3.63, 3.8) is 0 Å². The molecule has 0 bridgehead atoms. The highest BCUT2D eigenvalue weighted by Crippen LogP contribution is 2.22. The topological polar surface area (TPSA) is 50.8 Å². The van der Waals surface area contributed by atoms with Crippen LogP contribution in [-0.4, -0.2) is 39.3 Å². The molecule has 0 aromatic heterocycles. The second kappa shape index (κ2) is 11.5. The van der Waals surface area contributed by atoms with Crippen molar-refractivity contribution in [1.29, 1.82) is 0 Å². The minimum absolute atomic E-state index is 0. The molecule has 19 heavy (non-hydrogen) atoms. The Morgan fingerprint density at radius 3 is 2.37 bits per heavy atom. The van der Waals surface area contributed by atoms with Gasteiger partial charge in [-0.25, -0.2) is 10.5 Å². The van der Waals surface area contributed by atoms with Crippen LogP contribution < -0.4 is 5.48 Å². The molecule has 0 spiro atoms. The van der Waals surface area contributed by atoms with Crippen molar-refractivity contribution in [2.45, 2.75) is 0 Å². The fourth-order valence-electron chi connectivity index (χ4n) is 0.914. The Morgan fingerprint density at radius 2 is 1.95 bits per heavy atom. The molecule has 0 unspecified atom stereocenters. The van der Waals surface area contributed by atoms with Crippen molar-refractivity contribution >= 4 is 45.8 Å². The Bertz CT molecular complexity index is 392. The first-order chi connectivity index (χ1) is 8.47. The van der Waals surface area contributed by atoms with E-state index in [1.54, 1.807) is 32.4 Å². The van der Waals surface area contributed by atoms with E-state index in [4.69, 9.17) is 16.4 Å². The number of nitrogens with one attached hydrogen (secondary N) is 1. The van der Waals surface area contributed by atoms with E-state index in [1.165, 1.54) is 14.2 Å². The van der Waals surface area contributed by atoms with Crippen molar-refractivity contribution in [2.75, 3.05) is 28.3 Å². The van der Waals surface area contributed by atoms with Crippen LogP contribution >= 0.6 is 39.9 Å². The first-order valence-corrected chi connectivity index (χ1v) is 6.12. The van der Waals surface area contributed by atoms with Gasteiger partial charge in [0.1, 0.15) is 0 Å². The lowest BCUT2D eigenvalue weighted by Crippen LogP contribution is -2.25. The van der Waals surface area contributed by atoms with E-state index in [0.717, 1.165) is 9.54 Å². The normalized spacial score (nSPS) is 8.95. The predicted octanol–water partition coefficient (Wildman–Crippen LogP) is 2.92. The fraction of sp³-hybridized carbons (Fsp3) is 0.364. The average Bonchev–Trinajstić information content (AvgIpc) is 2.40. The molecule has 0 saturated carbocycles. The lowest BCUT2D eigenvalue weighted by Gasteiger charge is -2.14. The summed E-state index contributed by atoms with van der Waals surface area (Å²) in [5, 5.41) is 1.52. The van der Waals surface area contributed by atoms with Gasteiger partial charge in [0.05, 0.1) is 24.8 Å². The molecular weight excluding hydrogens is 359 g/mol. The summed E-state index contributed by atoms with van der Waals surface area (Å²) in [6.07, 6.45) is 0. The van der Waals surface area contributed by atoms with Gasteiger partial charge in [0, 0.05) is 18.6 Å². The summed E-state index contributed by atoms with van der Waals surface area (Å²) < 4.78 is 0.801. The van der Waals surface area contributed by atoms with Crippen molar-refractivity contribution in [3.05, 3.63) is 33.3 Å². The van der Waals surface area contributed by atoms with E-state index in [0.29, 0.717) is 10.6 Å². The number of carbonyl (C=O) groups excluding carboxylic acids is 1. The van der Waals surface area contributed by atoms with Crippen LogP contribution in [0.1, 0.15) is 10.4 Å². The van der Waals surface area contributed by atoms with Gasteiger partial charge in [-0.3, -0.25) is 9.63 Å². The maximum atomic E-state index is 11.6. The van der Waals surface area contributed by atoms with Gasteiger partial charge in [0.25, 0.3) is 5.91 Å². The summed E-state index contributed by atoms with van der Waals surface area (Å²) in [4.78, 5) is 20.7. The molecule has 0 radical (unpaired) electrons. The molecule has 0 heterocycles. The van der Waals surface area contributed by atoms with Crippen LogP contribution in [0.25, 0.3) is 0 Å². The molecule has 1 rings (SSSR count). The average molecular weight is 376 g/mol. The zero-order valence-corrected chi connectivity index (χ0v) is 14.2. The van der Waals surface area contributed by atoms with Gasteiger partial charge >= 0.3 is 0 Å². The second-order valence-electron chi connectivity index (χ2n) is 3.02. The molecule has 1 aromatic carbocycles. The highest BCUT2D eigenvalue weighted by atomic mass is 79.9. The minimum atomic E-state index is -0.279. The fourth-order valence-corrected chi connectivity index (χ4v) is 1.47. The third-order valence-corrected chi connectivity index (χ3v) is 2.75. The zero-order chi connectivity index (χ0) is 14.1. The molecule has 110 valence electrons. The maximum Gasteiger partial charge on any atom is 0.278 e. The van der Waals surface area contributed by atoms with E-state index in [9.17, 15) is 4.79 Å². The Morgan fingerprint density at radius 1 is 1.42 bits per heavy atom. The van der Waals surface area contributed by atoms with Crippen molar-refractivity contribution < 1.29 is 14.5 Å². The van der Waals surface area contributed by atoms with Crippen LogP contribution in [0.15, 0.2) is 22.7 Å². The molecule has 0 aliphatic carbocycles. The van der Waals surface area contributed by atoms with Crippen LogP contribution in [-0.2, 0) is 9.68 Å². The van der Waals surface area contributed by atoms with Gasteiger partial charge < -0.3 is 4.84 Å². The molecule has 5 nitrogen and oxygen atoms in total. The summed E-state index contributed by atoms with van der Waals surface area (Å²) in [5.41, 5.74) is 2.84. The van der Waals surface area contributed by atoms with E-state index in [-0.39, 0.29) is 18.3 Å². The number of nitrogens with zero attached hydrogens (tertiary/aromatic N) is 1. The number of amides is 1. The molecule has 1 aromatic rings. The first-order valence-electron chi connectivity index (χ1n) is 4.94. The van der Waals surface area contributed by atoms with Gasteiger partial charge in [-0.05, 0) is 18.2 Å². The zero-order valence-electron chi connectivity index (χ0n) is 11.1. The van der Waals surface area contributed by atoms with Crippen LogP contribution in [0.5, 0.6) is 0 Å². The third-order valence-electron chi connectivity index (χ3n) is 1.92. The lowest BCUT2D eigenvalue weighted by molar-refractivity contribution is -0.0756. The monoisotopic (exact) mass is 374 g/mol.